The maximum Gasteiger partial charge on any atom is 0.223 e. The molecule has 0 aromatic heterocycles. The molecule has 1 fully saturated rings. The van der Waals surface area contributed by atoms with Crippen LogP contribution in [0.2, 0.25) is 0 Å². The van der Waals surface area contributed by atoms with Crippen molar-refractivity contribution in [3.8, 4) is 0 Å². The fraction of sp³-hybridized carbons (Fsp3) is 0.400. The quantitative estimate of drug-likeness (QED) is 0.711. The van der Waals surface area contributed by atoms with E-state index in [2.05, 4.69) is 29.2 Å². The number of hydrogen-bond donors (Lipinski definition) is 0. The largest absolute Gasteiger partial charge is 0.335 e. The fourth-order valence-electron chi connectivity index (χ4n) is 2.96. The lowest BCUT2D eigenvalue weighted by Gasteiger charge is -2.29. The summed E-state index contributed by atoms with van der Waals surface area (Å²) in [4.78, 5) is 14.1. The maximum atomic E-state index is 12.0. The van der Waals surface area contributed by atoms with Crippen molar-refractivity contribution in [1.29, 1.82) is 0 Å². The first-order valence-electron chi connectivity index (χ1n) is 6.34. The molecule has 0 unspecified atom stereocenters. The summed E-state index contributed by atoms with van der Waals surface area (Å²) in [6.45, 7) is 0.772. The molecule has 1 aliphatic heterocycles. The van der Waals surface area contributed by atoms with Gasteiger partial charge in [0.25, 0.3) is 0 Å². The fourth-order valence-corrected chi connectivity index (χ4v) is 2.96. The van der Waals surface area contributed by atoms with Crippen molar-refractivity contribution in [2.75, 3.05) is 0 Å². The first-order valence-corrected chi connectivity index (χ1v) is 6.34. The molecule has 1 amide bonds. The van der Waals surface area contributed by atoms with Gasteiger partial charge in [0.1, 0.15) is 0 Å². The van der Waals surface area contributed by atoms with Crippen LogP contribution >= 0.6 is 0 Å². The Hall–Kier alpha value is -1.57. The maximum absolute atomic E-state index is 12.0. The van der Waals surface area contributed by atoms with Crippen molar-refractivity contribution < 1.29 is 4.79 Å². The number of allylic oxidation sites excluding steroid dienone is 1. The zero-order valence-corrected chi connectivity index (χ0v) is 9.88. The molecule has 0 N–H and O–H groups in total. The topological polar surface area (TPSA) is 20.3 Å². The minimum absolute atomic E-state index is 0.315. The number of carbonyl (C=O) groups is 1. The number of likely N-dealkylation sites (tertiary alicyclic amines) is 1. The van der Waals surface area contributed by atoms with Gasteiger partial charge in [-0.25, -0.2) is 0 Å². The van der Waals surface area contributed by atoms with Crippen LogP contribution < -0.4 is 0 Å². The highest BCUT2D eigenvalue weighted by molar-refractivity contribution is 5.79. The van der Waals surface area contributed by atoms with E-state index in [-0.39, 0.29) is 0 Å². The van der Waals surface area contributed by atoms with Gasteiger partial charge in [0.2, 0.25) is 5.91 Å². The standard InChI is InChI=1S/C15H17NO/c17-15-10-13-8-4-5-9-14(13)16(15)11-12-6-2-1-3-7-12/h1-4,6-8,13-14H,5,9-11H2/t13-,14-/m1/s1. The first kappa shape index (κ1) is 10.6. The van der Waals surface area contributed by atoms with Crippen molar-refractivity contribution in [1.82, 2.24) is 4.90 Å². The molecule has 1 saturated heterocycles. The average Bonchev–Trinajstić information content (AvgIpc) is 2.68. The SMILES string of the molecule is O=C1C[C@H]2C=CCC[C@H]2N1Cc1ccccc1. The van der Waals surface area contributed by atoms with Gasteiger partial charge in [-0.05, 0) is 18.4 Å². The third-order valence-corrected chi connectivity index (χ3v) is 3.83. The van der Waals surface area contributed by atoms with Gasteiger partial charge in [-0.1, -0.05) is 42.5 Å². The molecule has 2 nitrogen and oxygen atoms in total. The number of amides is 1. The van der Waals surface area contributed by atoms with Crippen LogP contribution in [-0.4, -0.2) is 16.8 Å². The second-order valence-corrected chi connectivity index (χ2v) is 4.95. The number of nitrogens with zero attached hydrogens (tertiary/aromatic N) is 1. The number of fused-ring (bicyclic) bond motifs is 1. The van der Waals surface area contributed by atoms with Crippen LogP contribution in [0.4, 0.5) is 0 Å². The lowest BCUT2D eigenvalue weighted by Crippen LogP contribution is -2.35. The summed E-state index contributed by atoms with van der Waals surface area (Å²) < 4.78 is 0. The monoisotopic (exact) mass is 227 g/mol. The molecular formula is C15H17NO. The summed E-state index contributed by atoms with van der Waals surface area (Å²) in [6.07, 6.45) is 7.39. The van der Waals surface area contributed by atoms with Gasteiger partial charge in [0.05, 0.1) is 0 Å². The van der Waals surface area contributed by atoms with E-state index in [1.54, 1.807) is 0 Å². The average molecular weight is 227 g/mol. The Labute approximate surface area is 102 Å². The van der Waals surface area contributed by atoms with Crippen LogP contribution in [0.3, 0.4) is 0 Å². The number of benzene rings is 1. The Kier molecular flexibility index (Phi) is 2.71. The van der Waals surface area contributed by atoms with Crippen LogP contribution in [0.25, 0.3) is 0 Å². The van der Waals surface area contributed by atoms with Gasteiger partial charge < -0.3 is 4.90 Å². The molecule has 0 radical (unpaired) electrons. The van der Waals surface area contributed by atoms with Crippen LogP contribution in [0.1, 0.15) is 24.8 Å². The lowest BCUT2D eigenvalue weighted by molar-refractivity contribution is -0.129. The van der Waals surface area contributed by atoms with Crippen molar-refractivity contribution in [3.05, 3.63) is 48.0 Å². The molecule has 0 saturated carbocycles. The minimum Gasteiger partial charge on any atom is -0.335 e. The van der Waals surface area contributed by atoms with E-state index in [0.29, 0.717) is 24.3 Å². The molecule has 1 aromatic carbocycles. The van der Waals surface area contributed by atoms with Crippen LogP contribution in [0.5, 0.6) is 0 Å². The summed E-state index contributed by atoms with van der Waals surface area (Å²) in [5.74, 6) is 0.773. The lowest BCUT2D eigenvalue weighted by atomic mass is 9.91. The van der Waals surface area contributed by atoms with E-state index >= 15 is 0 Å². The smallest absolute Gasteiger partial charge is 0.223 e. The molecule has 3 rings (SSSR count). The van der Waals surface area contributed by atoms with Crippen molar-refractivity contribution >= 4 is 5.91 Å². The normalized spacial score (nSPS) is 27.3. The van der Waals surface area contributed by atoms with Crippen molar-refractivity contribution in [3.63, 3.8) is 0 Å². The van der Waals surface area contributed by atoms with Gasteiger partial charge in [0, 0.05) is 24.9 Å². The van der Waals surface area contributed by atoms with Gasteiger partial charge in [-0.3, -0.25) is 4.79 Å². The summed E-state index contributed by atoms with van der Waals surface area (Å²) in [6, 6.07) is 10.7. The summed E-state index contributed by atoms with van der Waals surface area (Å²) in [7, 11) is 0. The van der Waals surface area contributed by atoms with Crippen molar-refractivity contribution in [2.24, 2.45) is 5.92 Å². The van der Waals surface area contributed by atoms with Gasteiger partial charge >= 0.3 is 0 Å². The van der Waals surface area contributed by atoms with E-state index < -0.39 is 0 Å². The molecule has 2 heteroatoms. The number of hydrogen-bond acceptors (Lipinski definition) is 1. The molecule has 0 spiro atoms. The summed E-state index contributed by atoms with van der Waals surface area (Å²) in [5, 5.41) is 0. The molecule has 17 heavy (non-hydrogen) atoms. The van der Waals surface area contributed by atoms with Crippen LogP contribution in [0, 0.1) is 5.92 Å². The van der Waals surface area contributed by atoms with E-state index in [0.717, 1.165) is 19.4 Å². The third-order valence-electron chi connectivity index (χ3n) is 3.83. The first-order chi connectivity index (χ1) is 8.34. The second-order valence-electron chi connectivity index (χ2n) is 4.95. The molecule has 1 aromatic rings. The Morgan fingerprint density at radius 3 is 2.88 bits per heavy atom. The predicted molar refractivity (Wildman–Crippen MR) is 67.3 cm³/mol. The Bertz CT molecular complexity index is 437. The second kappa shape index (κ2) is 4.36. The zero-order valence-electron chi connectivity index (χ0n) is 9.88. The molecule has 1 aliphatic carbocycles. The molecule has 2 aliphatic rings. The number of rotatable bonds is 2. The molecule has 2 atom stereocenters. The molecule has 0 bridgehead atoms. The highest BCUT2D eigenvalue weighted by Crippen LogP contribution is 2.34. The van der Waals surface area contributed by atoms with Crippen molar-refractivity contribution in [2.45, 2.75) is 31.8 Å². The number of carbonyl (C=O) groups excluding carboxylic acids is 1. The van der Waals surface area contributed by atoms with E-state index in [1.165, 1.54) is 5.56 Å². The molecule has 88 valence electrons. The van der Waals surface area contributed by atoms with Gasteiger partial charge in [0.15, 0.2) is 0 Å². The predicted octanol–water partition coefficient (Wildman–Crippen LogP) is 2.75. The van der Waals surface area contributed by atoms with E-state index in [4.69, 9.17) is 0 Å². The van der Waals surface area contributed by atoms with Crippen LogP contribution in [0.15, 0.2) is 42.5 Å². The van der Waals surface area contributed by atoms with Gasteiger partial charge in [-0.15, -0.1) is 0 Å². The Morgan fingerprint density at radius 1 is 1.24 bits per heavy atom. The third kappa shape index (κ3) is 1.99. The van der Waals surface area contributed by atoms with Gasteiger partial charge in [-0.2, -0.15) is 0 Å². The summed E-state index contributed by atoms with van der Waals surface area (Å²) in [5.41, 5.74) is 1.23. The highest BCUT2D eigenvalue weighted by Gasteiger charge is 2.38. The minimum atomic E-state index is 0.315. The highest BCUT2D eigenvalue weighted by atomic mass is 16.2. The molecule has 1 heterocycles. The Balaban J connectivity index is 1.79. The summed E-state index contributed by atoms with van der Waals surface area (Å²) >= 11 is 0. The van der Waals surface area contributed by atoms with E-state index in [1.807, 2.05) is 18.2 Å². The van der Waals surface area contributed by atoms with E-state index in [9.17, 15) is 4.79 Å². The molecular weight excluding hydrogens is 210 g/mol. The zero-order chi connectivity index (χ0) is 11.7. The Morgan fingerprint density at radius 2 is 2.06 bits per heavy atom. The van der Waals surface area contributed by atoms with Crippen LogP contribution in [-0.2, 0) is 11.3 Å².